The van der Waals surface area contributed by atoms with Crippen LogP contribution in [0.4, 0.5) is 0 Å². The van der Waals surface area contributed by atoms with Crippen molar-refractivity contribution in [2.24, 2.45) is 0 Å². The molecule has 0 aliphatic carbocycles. The maximum absolute atomic E-state index is 9.00. The van der Waals surface area contributed by atoms with Crippen LogP contribution in [0.3, 0.4) is 0 Å². The van der Waals surface area contributed by atoms with Gasteiger partial charge >= 0.3 is 0 Å². The van der Waals surface area contributed by atoms with Crippen molar-refractivity contribution in [1.29, 1.82) is 0 Å². The predicted octanol–water partition coefficient (Wildman–Crippen LogP) is 2.01. The van der Waals surface area contributed by atoms with Crippen molar-refractivity contribution < 1.29 is 9.90 Å². The predicted molar refractivity (Wildman–Crippen MR) is 56.9 cm³/mol. The first-order valence-corrected chi connectivity index (χ1v) is 4.54. The number of carboxylic acids is 1. The summed E-state index contributed by atoms with van der Waals surface area (Å²) in [4.78, 5) is 20.1. The van der Waals surface area contributed by atoms with Gasteiger partial charge in [-0.05, 0) is 6.92 Å². The number of aromatic nitrogens is 3. The zero-order chi connectivity index (χ0) is 11.4. The minimum absolute atomic E-state index is 0.590. The molecule has 0 aromatic carbocycles. The van der Waals surface area contributed by atoms with Crippen LogP contribution in [-0.2, 0) is 4.79 Å². The van der Waals surface area contributed by atoms with Crippen molar-refractivity contribution in [3.63, 3.8) is 0 Å². The number of aliphatic carboxylic acids is 1. The number of nitrogens with zero attached hydrogens (tertiary/aromatic N) is 2. The van der Waals surface area contributed by atoms with Crippen molar-refractivity contribution in [2.75, 3.05) is 0 Å². The number of H-pyrrole nitrogens is 1. The number of aryl methyl sites for hydroxylation is 1. The van der Waals surface area contributed by atoms with Gasteiger partial charge in [-0.1, -0.05) is 11.6 Å². The normalized spacial score (nSPS) is 9.53. The quantitative estimate of drug-likeness (QED) is 0.722. The number of halogens is 1. The molecule has 0 radical (unpaired) electrons. The molecule has 0 unspecified atom stereocenters. The van der Waals surface area contributed by atoms with E-state index in [1.54, 1.807) is 12.4 Å². The Labute approximate surface area is 91.1 Å². The largest absolute Gasteiger partial charge is 0.481 e. The van der Waals surface area contributed by atoms with Crippen LogP contribution in [0.1, 0.15) is 12.7 Å². The van der Waals surface area contributed by atoms with E-state index >= 15 is 0 Å². The highest BCUT2D eigenvalue weighted by atomic mass is 35.5. The Morgan fingerprint density at radius 3 is 2.67 bits per heavy atom. The molecule has 0 saturated heterocycles. The van der Waals surface area contributed by atoms with Crippen molar-refractivity contribution in [1.82, 2.24) is 15.0 Å². The third-order valence-electron chi connectivity index (χ3n) is 1.47. The van der Waals surface area contributed by atoms with E-state index in [1.165, 1.54) is 0 Å². The molecule has 2 N–H and O–H groups in total. The second kappa shape index (κ2) is 4.75. The van der Waals surface area contributed by atoms with Gasteiger partial charge in [-0.2, -0.15) is 0 Å². The molecule has 6 heteroatoms. The fourth-order valence-corrected chi connectivity index (χ4v) is 1.22. The van der Waals surface area contributed by atoms with Gasteiger partial charge in [0.15, 0.2) is 0 Å². The Hall–Kier alpha value is -1.62. The molecule has 15 heavy (non-hydrogen) atoms. The van der Waals surface area contributed by atoms with Crippen molar-refractivity contribution in [3.05, 3.63) is 23.2 Å². The van der Waals surface area contributed by atoms with Gasteiger partial charge in [0.1, 0.15) is 11.3 Å². The highest BCUT2D eigenvalue weighted by Crippen LogP contribution is 2.18. The first-order valence-electron chi connectivity index (χ1n) is 4.16. The third-order valence-corrected chi connectivity index (χ3v) is 1.74. The lowest BCUT2D eigenvalue weighted by molar-refractivity contribution is -0.134. The standard InChI is InChI=1S/C7H6ClN3.C2H4O2/c1-4-10-6-3-9-2-5(8)7(6)11-4;1-2(3)4/h2-3H,1H3,(H,10,11);1H3,(H,3,4). The van der Waals surface area contributed by atoms with Gasteiger partial charge in [0, 0.05) is 13.1 Å². The zero-order valence-corrected chi connectivity index (χ0v) is 9.04. The number of imidazole rings is 1. The number of carbonyl (C=O) groups is 1. The molecule has 0 fully saturated rings. The van der Waals surface area contributed by atoms with Gasteiger partial charge in [-0.15, -0.1) is 0 Å². The van der Waals surface area contributed by atoms with Gasteiger partial charge in [0.2, 0.25) is 0 Å². The Kier molecular flexibility index (Phi) is 3.62. The summed E-state index contributed by atoms with van der Waals surface area (Å²) in [7, 11) is 0. The molecule has 0 bridgehead atoms. The average Bonchev–Trinajstić information content (AvgIpc) is 2.46. The summed E-state index contributed by atoms with van der Waals surface area (Å²) in [5.74, 6) is 0.0231. The molecule has 2 heterocycles. The highest BCUT2D eigenvalue weighted by molar-refractivity contribution is 6.34. The Morgan fingerprint density at radius 2 is 2.13 bits per heavy atom. The Bertz CT molecular complexity index is 477. The van der Waals surface area contributed by atoms with E-state index in [2.05, 4.69) is 15.0 Å². The lowest BCUT2D eigenvalue weighted by Gasteiger charge is -1.87. The lowest BCUT2D eigenvalue weighted by atomic mass is 10.4. The van der Waals surface area contributed by atoms with Crippen molar-refractivity contribution >= 4 is 28.6 Å². The maximum atomic E-state index is 9.00. The number of aromatic amines is 1. The van der Waals surface area contributed by atoms with Gasteiger partial charge in [-0.25, -0.2) is 4.98 Å². The molecule has 80 valence electrons. The summed E-state index contributed by atoms with van der Waals surface area (Å²) in [6, 6.07) is 0. The topological polar surface area (TPSA) is 78.9 Å². The first kappa shape index (κ1) is 11.5. The number of pyridine rings is 1. The van der Waals surface area contributed by atoms with E-state index in [-0.39, 0.29) is 0 Å². The molecule has 2 aromatic rings. The number of carboxylic acid groups (broad SMARTS) is 1. The molecule has 0 spiro atoms. The van der Waals surface area contributed by atoms with E-state index in [1.807, 2.05) is 6.92 Å². The summed E-state index contributed by atoms with van der Waals surface area (Å²) in [6.07, 6.45) is 3.30. The lowest BCUT2D eigenvalue weighted by Crippen LogP contribution is -1.78. The molecule has 2 rings (SSSR count). The van der Waals surface area contributed by atoms with Crippen LogP contribution < -0.4 is 0 Å². The molecular weight excluding hydrogens is 218 g/mol. The van der Waals surface area contributed by atoms with Crippen LogP contribution in [0.2, 0.25) is 5.02 Å². The van der Waals surface area contributed by atoms with Crippen LogP contribution in [0.5, 0.6) is 0 Å². The summed E-state index contributed by atoms with van der Waals surface area (Å²) < 4.78 is 0. The van der Waals surface area contributed by atoms with Gasteiger partial charge < -0.3 is 10.1 Å². The summed E-state index contributed by atoms with van der Waals surface area (Å²) in [5.41, 5.74) is 1.68. The number of fused-ring (bicyclic) bond motifs is 1. The monoisotopic (exact) mass is 227 g/mol. The second-order valence-electron chi connectivity index (χ2n) is 2.86. The van der Waals surface area contributed by atoms with E-state index in [0.717, 1.165) is 23.8 Å². The van der Waals surface area contributed by atoms with Crippen LogP contribution in [0, 0.1) is 6.92 Å². The van der Waals surface area contributed by atoms with Gasteiger partial charge in [0.25, 0.3) is 5.97 Å². The van der Waals surface area contributed by atoms with Crippen LogP contribution in [0.15, 0.2) is 12.4 Å². The summed E-state index contributed by atoms with van der Waals surface area (Å²) in [5, 5.41) is 8.01. The molecular formula is C9H10ClN3O2. The fraction of sp³-hybridized carbons (Fsp3) is 0.222. The SMILES string of the molecule is CC(=O)O.Cc1nc2c(Cl)cncc2[nH]1. The molecule has 0 aliphatic rings. The number of nitrogens with one attached hydrogen (secondary N) is 1. The van der Waals surface area contributed by atoms with Gasteiger partial charge in [0.05, 0.1) is 16.7 Å². The Morgan fingerprint density at radius 1 is 1.53 bits per heavy atom. The number of hydrogen-bond donors (Lipinski definition) is 2. The molecule has 0 saturated carbocycles. The third kappa shape index (κ3) is 3.21. The number of rotatable bonds is 0. The van der Waals surface area contributed by atoms with Crippen molar-refractivity contribution in [2.45, 2.75) is 13.8 Å². The van der Waals surface area contributed by atoms with E-state index in [4.69, 9.17) is 21.5 Å². The van der Waals surface area contributed by atoms with Crippen LogP contribution >= 0.6 is 11.6 Å². The van der Waals surface area contributed by atoms with E-state index < -0.39 is 5.97 Å². The molecule has 0 aliphatic heterocycles. The average molecular weight is 228 g/mol. The smallest absolute Gasteiger partial charge is 0.300 e. The van der Waals surface area contributed by atoms with Crippen LogP contribution in [-0.4, -0.2) is 26.0 Å². The highest BCUT2D eigenvalue weighted by Gasteiger charge is 2.02. The van der Waals surface area contributed by atoms with Crippen LogP contribution in [0.25, 0.3) is 11.0 Å². The zero-order valence-electron chi connectivity index (χ0n) is 8.28. The molecule has 2 aromatic heterocycles. The second-order valence-corrected chi connectivity index (χ2v) is 3.27. The molecule has 0 atom stereocenters. The number of hydrogen-bond acceptors (Lipinski definition) is 3. The summed E-state index contributed by atoms with van der Waals surface area (Å²) >= 11 is 5.83. The minimum Gasteiger partial charge on any atom is -0.481 e. The van der Waals surface area contributed by atoms with Crippen molar-refractivity contribution in [3.8, 4) is 0 Å². The molecule has 0 amide bonds. The minimum atomic E-state index is -0.833. The maximum Gasteiger partial charge on any atom is 0.300 e. The fourth-order valence-electron chi connectivity index (χ4n) is 1.02. The molecule has 5 nitrogen and oxygen atoms in total. The first-order chi connectivity index (χ1) is 7.00. The van der Waals surface area contributed by atoms with E-state index in [0.29, 0.717) is 5.02 Å². The Balaban J connectivity index is 0.000000245. The summed E-state index contributed by atoms with van der Waals surface area (Å²) in [6.45, 7) is 2.97. The van der Waals surface area contributed by atoms with Gasteiger partial charge in [-0.3, -0.25) is 9.78 Å². The van der Waals surface area contributed by atoms with E-state index in [9.17, 15) is 0 Å².